The van der Waals surface area contributed by atoms with Crippen molar-refractivity contribution in [3.05, 3.63) is 28.5 Å². The fraction of sp³-hybridized carbons (Fsp3) is 0.400. The van der Waals surface area contributed by atoms with E-state index in [1.54, 1.807) is 0 Å². The van der Waals surface area contributed by atoms with Gasteiger partial charge in [-0.25, -0.2) is 17.5 Å². The zero-order valence-electron chi connectivity index (χ0n) is 8.41. The van der Waals surface area contributed by atoms with Crippen LogP contribution in [0, 0.1) is 5.82 Å². The Morgan fingerprint density at radius 2 is 2.06 bits per heavy atom. The lowest BCUT2D eigenvalue weighted by atomic mass is 9.94. The standard InChI is InChI=1S/C10H11BrFNO2S/c11-9-6-7(12)4-5-10(9)16(14,15)13-8-2-1-3-8/h4-6,8,13H,1-3H2. The van der Waals surface area contributed by atoms with E-state index >= 15 is 0 Å². The molecule has 1 aromatic carbocycles. The van der Waals surface area contributed by atoms with Gasteiger partial charge in [0.05, 0.1) is 4.90 Å². The molecule has 1 fully saturated rings. The van der Waals surface area contributed by atoms with E-state index < -0.39 is 15.8 Å². The molecule has 0 aliphatic heterocycles. The second-order valence-electron chi connectivity index (χ2n) is 3.82. The van der Waals surface area contributed by atoms with Crippen LogP contribution in [0.3, 0.4) is 0 Å². The molecule has 0 saturated heterocycles. The summed E-state index contributed by atoms with van der Waals surface area (Å²) in [7, 11) is -3.53. The first-order valence-electron chi connectivity index (χ1n) is 4.96. The average Bonchev–Trinajstić information content (AvgIpc) is 2.11. The summed E-state index contributed by atoms with van der Waals surface area (Å²) in [6, 6.07) is 3.58. The second-order valence-corrected chi connectivity index (χ2v) is 6.36. The molecule has 1 aliphatic rings. The normalized spacial score (nSPS) is 17.1. The number of benzene rings is 1. The number of nitrogens with one attached hydrogen (secondary N) is 1. The quantitative estimate of drug-likeness (QED) is 0.932. The van der Waals surface area contributed by atoms with Crippen LogP contribution >= 0.6 is 15.9 Å². The summed E-state index contributed by atoms with van der Waals surface area (Å²) in [5, 5.41) is 0. The highest BCUT2D eigenvalue weighted by molar-refractivity contribution is 9.10. The number of hydrogen-bond acceptors (Lipinski definition) is 2. The zero-order valence-corrected chi connectivity index (χ0v) is 10.8. The maximum Gasteiger partial charge on any atom is 0.241 e. The minimum Gasteiger partial charge on any atom is -0.208 e. The lowest BCUT2D eigenvalue weighted by Gasteiger charge is -2.26. The summed E-state index contributed by atoms with van der Waals surface area (Å²) in [4.78, 5) is 0.0841. The number of rotatable bonds is 3. The molecular weight excluding hydrogens is 297 g/mol. The molecule has 3 nitrogen and oxygen atoms in total. The van der Waals surface area contributed by atoms with Crippen molar-refractivity contribution in [1.29, 1.82) is 0 Å². The fourth-order valence-electron chi connectivity index (χ4n) is 1.50. The summed E-state index contributed by atoms with van der Waals surface area (Å²) >= 11 is 3.05. The third-order valence-electron chi connectivity index (χ3n) is 2.61. The molecule has 0 unspecified atom stereocenters. The second kappa shape index (κ2) is 4.43. The van der Waals surface area contributed by atoms with Gasteiger partial charge in [-0.2, -0.15) is 0 Å². The topological polar surface area (TPSA) is 46.2 Å². The molecular formula is C10H11BrFNO2S. The van der Waals surface area contributed by atoms with Gasteiger partial charge in [0, 0.05) is 10.5 Å². The highest BCUT2D eigenvalue weighted by atomic mass is 79.9. The van der Waals surface area contributed by atoms with Crippen molar-refractivity contribution in [2.24, 2.45) is 0 Å². The van der Waals surface area contributed by atoms with Gasteiger partial charge in [0.25, 0.3) is 0 Å². The smallest absolute Gasteiger partial charge is 0.208 e. The third-order valence-corrected chi connectivity index (χ3v) is 5.11. The predicted molar refractivity (Wildman–Crippen MR) is 62.1 cm³/mol. The molecule has 1 saturated carbocycles. The van der Waals surface area contributed by atoms with Crippen LogP contribution in [0.15, 0.2) is 27.6 Å². The first-order valence-corrected chi connectivity index (χ1v) is 7.24. The Bertz CT molecular complexity index is 500. The molecule has 0 radical (unpaired) electrons. The van der Waals surface area contributed by atoms with Gasteiger partial charge >= 0.3 is 0 Å². The summed E-state index contributed by atoms with van der Waals surface area (Å²) in [5.41, 5.74) is 0. The van der Waals surface area contributed by atoms with E-state index in [0.29, 0.717) is 0 Å². The highest BCUT2D eigenvalue weighted by Gasteiger charge is 2.26. The van der Waals surface area contributed by atoms with Gasteiger partial charge in [-0.15, -0.1) is 0 Å². The lowest BCUT2D eigenvalue weighted by molar-refractivity contribution is 0.383. The van der Waals surface area contributed by atoms with Crippen LogP contribution in [-0.4, -0.2) is 14.5 Å². The van der Waals surface area contributed by atoms with Gasteiger partial charge in [-0.3, -0.25) is 0 Å². The largest absolute Gasteiger partial charge is 0.241 e. The van der Waals surface area contributed by atoms with Crippen molar-refractivity contribution in [1.82, 2.24) is 4.72 Å². The molecule has 0 spiro atoms. The van der Waals surface area contributed by atoms with Gasteiger partial charge in [0.15, 0.2) is 0 Å². The molecule has 0 aromatic heterocycles. The van der Waals surface area contributed by atoms with E-state index in [9.17, 15) is 12.8 Å². The molecule has 1 aromatic rings. The maximum atomic E-state index is 12.8. The summed E-state index contributed by atoms with van der Waals surface area (Å²) in [5.74, 6) is -0.463. The van der Waals surface area contributed by atoms with Gasteiger partial charge in [0.2, 0.25) is 10.0 Å². The first-order chi connectivity index (χ1) is 7.49. The Balaban J connectivity index is 2.27. The molecule has 2 rings (SSSR count). The van der Waals surface area contributed by atoms with E-state index in [-0.39, 0.29) is 15.4 Å². The molecule has 6 heteroatoms. The minimum atomic E-state index is -3.53. The monoisotopic (exact) mass is 307 g/mol. The molecule has 88 valence electrons. The van der Waals surface area contributed by atoms with E-state index in [0.717, 1.165) is 31.4 Å². The third kappa shape index (κ3) is 2.44. The van der Waals surface area contributed by atoms with E-state index in [4.69, 9.17) is 0 Å². The van der Waals surface area contributed by atoms with Crippen molar-refractivity contribution in [3.63, 3.8) is 0 Å². The van der Waals surface area contributed by atoms with Gasteiger partial charge < -0.3 is 0 Å². The van der Waals surface area contributed by atoms with Crippen LogP contribution in [0.5, 0.6) is 0 Å². The van der Waals surface area contributed by atoms with Crippen LogP contribution < -0.4 is 4.72 Å². The Morgan fingerprint density at radius 1 is 1.38 bits per heavy atom. The zero-order chi connectivity index (χ0) is 11.8. The number of halogens is 2. The van der Waals surface area contributed by atoms with Crippen molar-refractivity contribution >= 4 is 26.0 Å². The van der Waals surface area contributed by atoms with Crippen LogP contribution in [-0.2, 0) is 10.0 Å². The number of sulfonamides is 1. The summed E-state index contributed by atoms with van der Waals surface area (Å²) in [6.07, 6.45) is 2.80. The number of hydrogen-bond donors (Lipinski definition) is 1. The van der Waals surface area contributed by atoms with Crippen molar-refractivity contribution in [2.75, 3.05) is 0 Å². The predicted octanol–water partition coefficient (Wildman–Crippen LogP) is 2.42. The maximum absolute atomic E-state index is 12.8. The van der Waals surface area contributed by atoms with Crippen LogP contribution in [0.25, 0.3) is 0 Å². The molecule has 1 N–H and O–H groups in total. The Kier molecular flexibility index (Phi) is 3.32. The van der Waals surface area contributed by atoms with Gasteiger partial charge in [-0.05, 0) is 47.0 Å². The van der Waals surface area contributed by atoms with Gasteiger partial charge in [-0.1, -0.05) is 6.42 Å². The SMILES string of the molecule is O=S(=O)(NC1CCC1)c1ccc(F)cc1Br. The molecule has 0 bridgehead atoms. The average molecular weight is 308 g/mol. The van der Waals surface area contributed by atoms with Gasteiger partial charge in [0.1, 0.15) is 5.82 Å². The summed E-state index contributed by atoms with van der Waals surface area (Å²) < 4.78 is 39.5. The Morgan fingerprint density at radius 3 is 2.56 bits per heavy atom. The van der Waals surface area contributed by atoms with Crippen LogP contribution in [0.1, 0.15) is 19.3 Å². The Labute approximate surface area is 102 Å². The first kappa shape index (κ1) is 12.0. The van der Waals surface area contributed by atoms with Crippen molar-refractivity contribution < 1.29 is 12.8 Å². The molecule has 0 heterocycles. The molecule has 0 atom stereocenters. The van der Waals surface area contributed by atoms with E-state index in [2.05, 4.69) is 20.7 Å². The lowest BCUT2D eigenvalue weighted by Crippen LogP contribution is -2.39. The fourth-order valence-corrected chi connectivity index (χ4v) is 3.86. The van der Waals surface area contributed by atoms with Crippen LogP contribution in [0.2, 0.25) is 0 Å². The molecule has 16 heavy (non-hydrogen) atoms. The van der Waals surface area contributed by atoms with Crippen LogP contribution in [0.4, 0.5) is 4.39 Å². The van der Waals surface area contributed by atoms with E-state index in [1.165, 1.54) is 6.07 Å². The Hall–Kier alpha value is -0.460. The van der Waals surface area contributed by atoms with E-state index in [1.807, 2.05) is 0 Å². The molecule has 1 aliphatic carbocycles. The molecule has 0 amide bonds. The summed E-state index contributed by atoms with van der Waals surface area (Å²) in [6.45, 7) is 0. The van der Waals surface area contributed by atoms with Crippen molar-refractivity contribution in [3.8, 4) is 0 Å². The van der Waals surface area contributed by atoms with Crippen molar-refractivity contribution in [2.45, 2.75) is 30.2 Å². The highest BCUT2D eigenvalue weighted by Crippen LogP contribution is 2.25. The minimum absolute atomic E-state index is 0.0296.